The molecule has 0 aromatic rings. The minimum absolute atomic E-state index is 0.0834. The average Bonchev–Trinajstić information content (AvgIpc) is 3.42. The molecule has 76 heavy (non-hydrogen) atoms. The second kappa shape index (κ2) is 64.6. The van der Waals surface area contributed by atoms with Crippen LogP contribution in [0, 0.1) is 0 Å². The molecular formula is C70H126O6. The van der Waals surface area contributed by atoms with E-state index in [0.29, 0.717) is 19.3 Å². The molecule has 0 saturated carbocycles. The fourth-order valence-electron chi connectivity index (χ4n) is 9.79. The lowest BCUT2D eigenvalue weighted by Crippen LogP contribution is -2.30. The van der Waals surface area contributed by atoms with E-state index in [2.05, 4.69) is 81.5 Å². The van der Waals surface area contributed by atoms with Crippen molar-refractivity contribution < 1.29 is 28.6 Å². The first-order chi connectivity index (χ1) is 37.5. The number of ether oxygens (including phenoxy) is 3. The van der Waals surface area contributed by atoms with E-state index in [0.717, 1.165) is 83.5 Å². The number of carbonyl (C=O) groups excluding carboxylic acids is 3. The summed E-state index contributed by atoms with van der Waals surface area (Å²) in [5.74, 6) is -0.906. The smallest absolute Gasteiger partial charge is 0.306 e. The minimum atomic E-state index is -0.789. The standard InChI is InChI=1S/C70H126O6/c1-4-7-10-13-16-19-22-25-28-30-31-32-33-34-35-36-37-38-39-40-43-45-48-51-54-57-60-63-69(72)75-66-67(65-74-68(71)62-59-56-53-50-47-44-41-27-24-21-18-15-12-9-6-3)76-70(73)64-61-58-55-52-49-46-42-29-26-23-20-17-14-11-8-5-2/h9,12,18,21,27,30-31,41,47,50,67H,4-8,10-11,13-17,19-20,22-26,28-29,32-40,42-46,48-49,51-66H2,1-3H3/b12-9-,21-18-,31-30-,41-27-,50-47-. The monoisotopic (exact) mass is 1060 g/mol. The van der Waals surface area contributed by atoms with Gasteiger partial charge in [-0.3, -0.25) is 14.4 Å². The fourth-order valence-corrected chi connectivity index (χ4v) is 9.79. The van der Waals surface area contributed by atoms with Gasteiger partial charge in [0.05, 0.1) is 0 Å². The number of hydrogen-bond donors (Lipinski definition) is 0. The molecule has 0 aromatic heterocycles. The van der Waals surface area contributed by atoms with Crippen LogP contribution in [0.15, 0.2) is 60.8 Å². The van der Waals surface area contributed by atoms with Crippen LogP contribution in [0.5, 0.6) is 0 Å². The highest BCUT2D eigenvalue weighted by atomic mass is 16.6. The quantitative estimate of drug-likeness (QED) is 0.0261. The Morgan fingerprint density at radius 2 is 0.513 bits per heavy atom. The van der Waals surface area contributed by atoms with Crippen molar-refractivity contribution in [2.24, 2.45) is 0 Å². The van der Waals surface area contributed by atoms with Gasteiger partial charge >= 0.3 is 17.9 Å². The predicted molar refractivity (Wildman–Crippen MR) is 330 cm³/mol. The molecule has 0 radical (unpaired) electrons. The summed E-state index contributed by atoms with van der Waals surface area (Å²) in [7, 11) is 0. The van der Waals surface area contributed by atoms with E-state index >= 15 is 0 Å². The molecule has 0 aliphatic rings. The van der Waals surface area contributed by atoms with Gasteiger partial charge in [0, 0.05) is 19.3 Å². The molecule has 0 N–H and O–H groups in total. The first-order valence-corrected chi connectivity index (χ1v) is 33.3. The predicted octanol–water partition coefficient (Wildman–Crippen LogP) is 22.7. The highest BCUT2D eigenvalue weighted by molar-refractivity contribution is 5.71. The van der Waals surface area contributed by atoms with Crippen LogP contribution >= 0.6 is 0 Å². The van der Waals surface area contributed by atoms with E-state index in [1.54, 1.807) is 0 Å². The summed E-state index contributed by atoms with van der Waals surface area (Å²) in [5.41, 5.74) is 0. The Balaban J connectivity index is 4.26. The number of esters is 3. The van der Waals surface area contributed by atoms with Crippen LogP contribution in [0.2, 0.25) is 0 Å². The molecule has 0 heterocycles. The third-order valence-electron chi connectivity index (χ3n) is 14.8. The third-order valence-corrected chi connectivity index (χ3v) is 14.8. The van der Waals surface area contributed by atoms with Crippen molar-refractivity contribution in [2.45, 2.75) is 354 Å². The van der Waals surface area contributed by atoms with Crippen LogP contribution in [0.1, 0.15) is 348 Å². The van der Waals surface area contributed by atoms with Gasteiger partial charge in [-0.05, 0) is 83.5 Å². The highest BCUT2D eigenvalue weighted by Crippen LogP contribution is 2.18. The number of unbranched alkanes of at least 4 members (excludes halogenated alkanes) is 40. The van der Waals surface area contributed by atoms with Gasteiger partial charge in [0.25, 0.3) is 0 Å². The van der Waals surface area contributed by atoms with Crippen molar-refractivity contribution in [1.29, 1.82) is 0 Å². The second-order valence-electron chi connectivity index (χ2n) is 22.4. The van der Waals surface area contributed by atoms with Gasteiger partial charge in [0.15, 0.2) is 6.10 Å². The Kier molecular flexibility index (Phi) is 62.2. The minimum Gasteiger partial charge on any atom is -0.462 e. The number of carbonyl (C=O) groups is 3. The van der Waals surface area contributed by atoms with Crippen LogP contribution in [0.3, 0.4) is 0 Å². The molecular weight excluding hydrogens is 937 g/mol. The molecule has 0 spiro atoms. The van der Waals surface area contributed by atoms with E-state index in [1.165, 1.54) is 225 Å². The Morgan fingerprint density at radius 1 is 0.276 bits per heavy atom. The molecule has 0 bridgehead atoms. The zero-order valence-electron chi connectivity index (χ0n) is 50.8. The normalized spacial score (nSPS) is 12.4. The van der Waals surface area contributed by atoms with Gasteiger partial charge in [-0.1, -0.05) is 306 Å². The molecule has 6 heteroatoms. The first kappa shape index (κ1) is 73.1. The summed E-state index contributed by atoms with van der Waals surface area (Å²) in [4.78, 5) is 38.3. The van der Waals surface area contributed by atoms with Crippen LogP contribution in [0.25, 0.3) is 0 Å². The van der Waals surface area contributed by atoms with Gasteiger partial charge < -0.3 is 14.2 Å². The number of rotatable bonds is 61. The second-order valence-corrected chi connectivity index (χ2v) is 22.4. The molecule has 0 amide bonds. The lowest BCUT2D eigenvalue weighted by molar-refractivity contribution is -0.167. The molecule has 0 aliphatic carbocycles. The molecule has 0 fully saturated rings. The van der Waals surface area contributed by atoms with Crippen LogP contribution < -0.4 is 0 Å². The molecule has 0 rings (SSSR count). The molecule has 0 aliphatic heterocycles. The van der Waals surface area contributed by atoms with Crippen molar-refractivity contribution >= 4 is 17.9 Å². The Bertz CT molecular complexity index is 1360. The fraction of sp³-hybridized carbons (Fsp3) is 0.814. The van der Waals surface area contributed by atoms with Gasteiger partial charge in [-0.2, -0.15) is 0 Å². The molecule has 1 atom stereocenters. The summed E-state index contributed by atoms with van der Waals surface area (Å²) in [6.07, 6.45) is 82.5. The van der Waals surface area contributed by atoms with Gasteiger partial charge in [0.1, 0.15) is 13.2 Å². The summed E-state index contributed by atoms with van der Waals surface area (Å²) < 4.78 is 16.9. The third kappa shape index (κ3) is 62.0. The highest BCUT2D eigenvalue weighted by Gasteiger charge is 2.19. The molecule has 0 aromatic carbocycles. The van der Waals surface area contributed by atoms with E-state index in [1.807, 2.05) is 0 Å². The van der Waals surface area contributed by atoms with E-state index in [9.17, 15) is 14.4 Å². The average molecular weight is 1060 g/mol. The van der Waals surface area contributed by atoms with Gasteiger partial charge in [-0.25, -0.2) is 0 Å². The zero-order chi connectivity index (χ0) is 55.0. The lowest BCUT2D eigenvalue weighted by atomic mass is 10.0. The maximum atomic E-state index is 12.9. The molecule has 0 saturated heterocycles. The summed E-state index contributed by atoms with van der Waals surface area (Å²) in [6, 6.07) is 0. The summed E-state index contributed by atoms with van der Waals surface area (Å²) in [5, 5.41) is 0. The van der Waals surface area contributed by atoms with Crippen LogP contribution in [-0.2, 0) is 28.6 Å². The molecule has 442 valence electrons. The molecule has 6 nitrogen and oxygen atoms in total. The SMILES string of the molecule is CC/C=C\C/C=C\C/C=C\C/C=C\CCCCC(=O)OCC(COC(=O)CCCCCCCCCCCCCCCCC/C=C\CCCCCCCCCC)OC(=O)CCCCCCCCCCCCCCCCCC. The van der Waals surface area contributed by atoms with E-state index in [4.69, 9.17) is 14.2 Å². The topological polar surface area (TPSA) is 78.9 Å². The van der Waals surface area contributed by atoms with Crippen LogP contribution in [0.4, 0.5) is 0 Å². The van der Waals surface area contributed by atoms with E-state index in [-0.39, 0.29) is 31.1 Å². The van der Waals surface area contributed by atoms with Crippen molar-refractivity contribution in [3.05, 3.63) is 60.8 Å². The van der Waals surface area contributed by atoms with Crippen molar-refractivity contribution in [3.8, 4) is 0 Å². The van der Waals surface area contributed by atoms with Crippen molar-refractivity contribution in [1.82, 2.24) is 0 Å². The number of hydrogen-bond acceptors (Lipinski definition) is 6. The first-order valence-electron chi connectivity index (χ1n) is 33.3. The van der Waals surface area contributed by atoms with Crippen LogP contribution in [-0.4, -0.2) is 37.2 Å². The van der Waals surface area contributed by atoms with Gasteiger partial charge in [0.2, 0.25) is 0 Å². The lowest BCUT2D eigenvalue weighted by Gasteiger charge is -2.18. The van der Waals surface area contributed by atoms with Crippen molar-refractivity contribution in [2.75, 3.05) is 13.2 Å². The number of allylic oxidation sites excluding steroid dienone is 10. The van der Waals surface area contributed by atoms with E-state index < -0.39 is 6.10 Å². The van der Waals surface area contributed by atoms with Gasteiger partial charge in [-0.15, -0.1) is 0 Å². The largest absolute Gasteiger partial charge is 0.462 e. The maximum absolute atomic E-state index is 12.9. The Labute approximate surface area is 472 Å². The van der Waals surface area contributed by atoms with Crippen molar-refractivity contribution in [3.63, 3.8) is 0 Å². The summed E-state index contributed by atoms with van der Waals surface area (Å²) >= 11 is 0. The molecule has 1 unspecified atom stereocenters. The Hall–Kier alpha value is -2.89. The summed E-state index contributed by atoms with van der Waals surface area (Å²) in [6.45, 7) is 6.54. The maximum Gasteiger partial charge on any atom is 0.306 e. The zero-order valence-corrected chi connectivity index (χ0v) is 50.8. The Morgan fingerprint density at radius 3 is 0.842 bits per heavy atom.